The van der Waals surface area contributed by atoms with E-state index in [0.717, 1.165) is 12.0 Å². The van der Waals surface area contributed by atoms with Crippen molar-refractivity contribution in [1.82, 2.24) is 8.01 Å². The van der Waals surface area contributed by atoms with E-state index < -0.39 is 0 Å². The second-order valence-electron chi connectivity index (χ2n) is 4.20. The molecule has 3 heteroatoms. The summed E-state index contributed by atoms with van der Waals surface area (Å²) in [5, 5.41) is 0. The number of nitrogens with zero attached hydrogens (tertiary/aromatic N) is 2. The minimum absolute atomic E-state index is 0.909. The monoisotopic (exact) mass is 280 g/mol. The zero-order valence-corrected chi connectivity index (χ0v) is 9.83. The van der Waals surface area contributed by atoms with Crippen molar-refractivity contribution in [1.29, 1.82) is 0 Å². The van der Waals surface area contributed by atoms with Gasteiger partial charge in [0.2, 0.25) is 0 Å². The van der Waals surface area contributed by atoms with Crippen LogP contribution in [0.1, 0.15) is 19.8 Å². The van der Waals surface area contributed by atoms with Crippen LogP contribution in [0.25, 0.3) is 0 Å². The summed E-state index contributed by atoms with van der Waals surface area (Å²) in [5.41, 5.74) is 0. The predicted octanol–water partition coefficient (Wildman–Crippen LogP) is 1.75. The van der Waals surface area contributed by atoms with Gasteiger partial charge >= 0.3 is 0 Å². The Morgan fingerprint density at radius 1 is 1.17 bits per heavy atom. The van der Waals surface area contributed by atoms with Crippen molar-refractivity contribution in [3.05, 3.63) is 0 Å². The summed E-state index contributed by atoms with van der Waals surface area (Å²) in [6.45, 7) is 7.63. The normalized spacial score (nSPS) is 30.5. The van der Waals surface area contributed by atoms with Crippen molar-refractivity contribution in [3.63, 3.8) is 0 Å². The van der Waals surface area contributed by atoms with Crippen LogP contribution in [-0.2, 0) is 0 Å². The summed E-state index contributed by atoms with van der Waals surface area (Å²) >= 11 is 2.44. The van der Waals surface area contributed by atoms with Gasteiger partial charge in [0.15, 0.2) is 0 Å². The summed E-state index contributed by atoms with van der Waals surface area (Å²) in [6, 6.07) is 0.909. The molecule has 0 aromatic rings. The number of hydrogen-bond donors (Lipinski definition) is 0. The average molecular weight is 280 g/mol. The molecule has 0 amide bonds. The lowest BCUT2D eigenvalue weighted by Crippen LogP contribution is -2.53. The third-order valence-corrected chi connectivity index (χ3v) is 3.98. The molecule has 2 aliphatic rings. The van der Waals surface area contributed by atoms with Gasteiger partial charge in [0, 0.05) is 55.1 Å². The molecular formula is C9H17IN2. The molecule has 2 fully saturated rings. The fourth-order valence-electron chi connectivity index (χ4n) is 2.24. The summed E-state index contributed by atoms with van der Waals surface area (Å²) in [7, 11) is 0. The minimum Gasteiger partial charge on any atom is -0.300 e. The fourth-order valence-corrected chi connectivity index (χ4v) is 2.80. The lowest BCUT2D eigenvalue weighted by molar-refractivity contribution is 0.0409. The van der Waals surface area contributed by atoms with Gasteiger partial charge in [-0.25, -0.2) is 3.11 Å². The van der Waals surface area contributed by atoms with Crippen LogP contribution in [0.2, 0.25) is 0 Å². The maximum absolute atomic E-state index is 2.66. The molecule has 70 valence electrons. The number of hydrogen-bond acceptors (Lipinski definition) is 2. The largest absolute Gasteiger partial charge is 0.300 e. The molecule has 0 N–H and O–H groups in total. The molecule has 2 saturated heterocycles. The Balaban J connectivity index is 1.75. The van der Waals surface area contributed by atoms with Crippen LogP contribution in [-0.4, -0.2) is 40.2 Å². The van der Waals surface area contributed by atoms with Crippen molar-refractivity contribution < 1.29 is 0 Å². The van der Waals surface area contributed by atoms with E-state index >= 15 is 0 Å². The number of halogens is 1. The van der Waals surface area contributed by atoms with E-state index in [9.17, 15) is 0 Å². The molecule has 2 heterocycles. The SMILES string of the molecule is CC1CN(C2CCN(I)CC2)C1. The molecule has 0 radical (unpaired) electrons. The molecule has 2 rings (SSSR count). The van der Waals surface area contributed by atoms with Crippen molar-refractivity contribution in [2.75, 3.05) is 26.2 Å². The average Bonchev–Trinajstić information content (AvgIpc) is 2.01. The van der Waals surface area contributed by atoms with Crippen LogP contribution >= 0.6 is 22.9 Å². The Labute approximate surface area is 88.8 Å². The summed E-state index contributed by atoms with van der Waals surface area (Å²) in [5.74, 6) is 0.961. The van der Waals surface area contributed by atoms with Gasteiger partial charge in [0.05, 0.1) is 0 Å². The molecular weight excluding hydrogens is 263 g/mol. The topological polar surface area (TPSA) is 6.48 Å². The molecule has 2 aliphatic heterocycles. The smallest absolute Gasteiger partial charge is 0.0201 e. The lowest BCUT2D eigenvalue weighted by atomic mass is 9.95. The van der Waals surface area contributed by atoms with Gasteiger partial charge in [-0.1, -0.05) is 6.92 Å². The van der Waals surface area contributed by atoms with Gasteiger partial charge in [-0.2, -0.15) is 0 Å². The highest BCUT2D eigenvalue weighted by Crippen LogP contribution is 2.25. The van der Waals surface area contributed by atoms with Crippen LogP contribution in [0.4, 0.5) is 0 Å². The molecule has 0 saturated carbocycles. The Morgan fingerprint density at radius 3 is 2.25 bits per heavy atom. The summed E-state index contributed by atoms with van der Waals surface area (Å²) in [4.78, 5) is 2.66. The van der Waals surface area contributed by atoms with Crippen LogP contribution < -0.4 is 0 Å². The van der Waals surface area contributed by atoms with Crippen LogP contribution in [0.5, 0.6) is 0 Å². The molecule has 0 bridgehead atoms. The minimum atomic E-state index is 0.909. The first-order chi connectivity index (χ1) is 5.75. The third kappa shape index (κ3) is 1.93. The number of piperidine rings is 1. The van der Waals surface area contributed by atoms with E-state index in [0.29, 0.717) is 0 Å². The van der Waals surface area contributed by atoms with E-state index in [1.807, 2.05) is 0 Å². The van der Waals surface area contributed by atoms with E-state index in [1.165, 1.54) is 39.0 Å². The van der Waals surface area contributed by atoms with E-state index in [4.69, 9.17) is 0 Å². The zero-order valence-electron chi connectivity index (χ0n) is 7.67. The van der Waals surface area contributed by atoms with Gasteiger partial charge in [-0.15, -0.1) is 0 Å². The van der Waals surface area contributed by atoms with Crippen LogP contribution in [0, 0.1) is 5.92 Å². The maximum atomic E-state index is 2.66. The fraction of sp³-hybridized carbons (Fsp3) is 1.00. The standard InChI is InChI=1S/C9H17IN2/c1-8-6-11(7-8)9-2-4-12(10)5-3-9/h8-9H,2-7H2,1H3. The van der Waals surface area contributed by atoms with Crippen LogP contribution in [0.15, 0.2) is 0 Å². The molecule has 0 unspecified atom stereocenters. The first kappa shape index (κ1) is 9.21. The highest BCUT2D eigenvalue weighted by atomic mass is 127. The Bertz CT molecular complexity index is 149. The first-order valence-electron chi connectivity index (χ1n) is 4.90. The van der Waals surface area contributed by atoms with Gasteiger partial charge < -0.3 is 0 Å². The molecule has 0 spiro atoms. The van der Waals surface area contributed by atoms with Gasteiger partial charge in [0.25, 0.3) is 0 Å². The van der Waals surface area contributed by atoms with Crippen molar-refractivity contribution in [2.45, 2.75) is 25.8 Å². The number of rotatable bonds is 1. The first-order valence-corrected chi connectivity index (χ1v) is 5.87. The molecule has 0 aromatic heterocycles. The van der Waals surface area contributed by atoms with Gasteiger partial charge in [0.1, 0.15) is 0 Å². The second kappa shape index (κ2) is 3.80. The van der Waals surface area contributed by atoms with Crippen molar-refractivity contribution in [2.24, 2.45) is 5.92 Å². The van der Waals surface area contributed by atoms with Crippen molar-refractivity contribution in [3.8, 4) is 0 Å². The molecule has 0 aromatic carbocycles. The Morgan fingerprint density at radius 2 is 1.75 bits per heavy atom. The Hall–Kier alpha value is 0.650. The molecule has 12 heavy (non-hydrogen) atoms. The van der Waals surface area contributed by atoms with E-state index in [2.05, 4.69) is 37.8 Å². The Kier molecular flexibility index (Phi) is 2.92. The molecule has 0 atom stereocenters. The predicted molar refractivity (Wildman–Crippen MR) is 59.4 cm³/mol. The summed E-state index contributed by atoms with van der Waals surface area (Å²) in [6.07, 6.45) is 2.77. The lowest BCUT2D eigenvalue weighted by Gasteiger charge is -2.45. The molecule has 0 aliphatic carbocycles. The van der Waals surface area contributed by atoms with E-state index in [1.54, 1.807) is 0 Å². The van der Waals surface area contributed by atoms with Gasteiger partial charge in [-0.3, -0.25) is 4.90 Å². The maximum Gasteiger partial charge on any atom is 0.0201 e. The quantitative estimate of drug-likeness (QED) is 0.533. The highest BCUT2D eigenvalue weighted by molar-refractivity contribution is 14.1. The van der Waals surface area contributed by atoms with Crippen molar-refractivity contribution >= 4 is 22.9 Å². The third-order valence-electron chi connectivity index (χ3n) is 3.02. The van der Waals surface area contributed by atoms with Crippen LogP contribution in [0.3, 0.4) is 0 Å². The molecule has 2 nitrogen and oxygen atoms in total. The zero-order chi connectivity index (χ0) is 8.55. The number of likely N-dealkylation sites (tertiary alicyclic amines) is 1. The highest BCUT2D eigenvalue weighted by Gasteiger charge is 2.31. The summed E-state index contributed by atoms with van der Waals surface area (Å²) < 4.78 is 2.41. The van der Waals surface area contributed by atoms with E-state index in [-0.39, 0.29) is 0 Å². The van der Waals surface area contributed by atoms with Gasteiger partial charge in [-0.05, 0) is 18.8 Å². The second-order valence-corrected chi connectivity index (χ2v) is 5.56.